The molecule has 0 saturated heterocycles. The van der Waals surface area contributed by atoms with Crippen molar-refractivity contribution in [2.24, 2.45) is 0 Å². The van der Waals surface area contributed by atoms with Gasteiger partial charge in [-0.05, 0) is 35.7 Å². The summed E-state index contributed by atoms with van der Waals surface area (Å²) in [5, 5.41) is 1.04. The van der Waals surface area contributed by atoms with Crippen LogP contribution in [0, 0.1) is 0 Å². The number of halogens is 2. The van der Waals surface area contributed by atoms with Crippen molar-refractivity contribution in [3.8, 4) is 0 Å². The van der Waals surface area contributed by atoms with Crippen LogP contribution in [0.5, 0.6) is 0 Å². The van der Waals surface area contributed by atoms with Crippen molar-refractivity contribution in [3.05, 3.63) is 69.2 Å². The molecule has 0 radical (unpaired) electrons. The van der Waals surface area contributed by atoms with Gasteiger partial charge in [0.15, 0.2) is 0 Å². The van der Waals surface area contributed by atoms with Crippen LogP contribution in [-0.2, 0) is 16.0 Å². The Morgan fingerprint density at radius 3 is 2.38 bits per heavy atom. The Morgan fingerprint density at radius 1 is 1.12 bits per heavy atom. The number of hydrogen-bond donors (Lipinski definition) is 0. The fourth-order valence-electron chi connectivity index (χ4n) is 3.26. The van der Waals surface area contributed by atoms with Crippen LogP contribution < -0.4 is 0 Å². The quantitative estimate of drug-likeness (QED) is 0.781. The van der Waals surface area contributed by atoms with E-state index in [2.05, 4.69) is 6.07 Å². The Hall–Kier alpha value is -1.55. The zero-order valence-electron chi connectivity index (χ0n) is 13.6. The van der Waals surface area contributed by atoms with Crippen LogP contribution in [0.15, 0.2) is 42.5 Å². The van der Waals surface area contributed by atoms with E-state index in [1.54, 1.807) is 25.3 Å². The molecule has 0 N–H and O–H groups in total. The second-order valence-corrected chi connectivity index (χ2v) is 6.77. The number of fused-ring (bicyclic) bond motifs is 1. The maximum absolute atomic E-state index is 12.9. The van der Waals surface area contributed by atoms with Gasteiger partial charge in [-0.1, -0.05) is 53.5 Å². The number of benzene rings is 2. The SMILES string of the molecule is CO[C@@H]1CN(C(=O)Cc2c(Cl)cccc2Cl)[C@@H](C)c2ccccc21. The highest BCUT2D eigenvalue weighted by Gasteiger charge is 2.33. The zero-order chi connectivity index (χ0) is 17.3. The minimum absolute atomic E-state index is 0.00551. The molecular weight excluding hydrogens is 345 g/mol. The summed E-state index contributed by atoms with van der Waals surface area (Å²) in [7, 11) is 1.67. The lowest BCUT2D eigenvalue weighted by Crippen LogP contribution is -2.42. The van der Waals surface area contributed by atoms with E-state index in [1.807, 2.05) is 30.0 Å². The Balaban J connectivity index is 1.88. The number of carbonyl (C=O) groups excluding carboxylic acids is 1. The summed E-state index contributed by atoms with van der Waals surface area (Å²) in [6.07, 6.45) is 0.0598. The van der Waals surface area contributed by atoms with Crippen LogP contribution in [0.25, 0.3) is 0 Å². The Labute approximate surface area is 152 Å². The molecule has 2 aromatic rings. The number of rotatable bonds is 3. The minimum Gasteiger partial charge on any atom is -0.375 e. The van der Waals surface area contributed by atoms with Crippen LogP contribution in [-0.4, -0.2) is 24.5 Å². The van der Waals surface area contributed by atoms with Gasteiger partial charge in [0.05, 0.1) is 19.0 Å². The molecular formula is C19H19Cl2NO2. The Bertz CT molecular complexity index is 743. The molecule has 126 valence electrons. The van der Waals surface area contributed by atoms with Crippen LogP contribution >= 0.6 is 23.2 Å². The monoisotopic (exact) mass is 363 g/mol. The van der Waals surface area contributed by atoms with Crippen LogP contribution in [0.4, 0.5) is 0 Å². The van der Waals surface area contributed by atoms with Gasteiger partial charge < -0.3 is 9.64 Å². The summed E-state index contributed by atoms with van der Waals surface area (Å²) in [5.41, 5.74) is 2.94. The van der Waals surface area contributed by atoms with Crippen molar-refractivity contribution in [3.63, 3.8) is 0 Å². The fourth-order valence-corrected chi connectivity index (χ4v) is 3.79. The second kappa shape index (κ2) is 7.14. The topological polar surface area (TPSA) is 29.5 Å². The third-order valence-electron chi connectivity index (χ3n) is 4.62. The van der Waals surface area contributed by atoms with E-state index >= 15 is 0 Å². The molecule has 3 rings (SSSR count). The number of ether oxygens (including phenoxy) is 1. The first-order valence-electron chi connectivity index (χ1n) is 7.87. The number of methoxy groups -OCH3 is 1. The molecule has 2 aromatic carbocycles. The average Bonchev–Trinajstić information content (AvgIpc) is 2.59. The van der Waals surface area contributed by atoms with Gasteiger partial charge in [-0.25, -0.2) is 0 Å². The standard InChI is InChI=1S/C19H19Cl2NO2/c1-12-13-6-3-4-7-14(13)18(24-2)11-22(12)19(23)10-15-16(20)8-5-9-17(15)21/h3-9,12,18H,10-11H2,1-2H3/t12-,18+/m0/s1. The Kier molecular flexibility index (Phi) is 5.14. The van der Waals surface area contributed by atoms with Crippen molar-refractivity contribution in [1.29, 1.82) is 0 Å². The van der Waals surface area contributed by atoms with Gasteiger partial charge >= 0.3 is 0 Å². The molecule has 0 unspecified atom stereocenters. The van der Waals surface area contributed by atoms with Gasteiger partial charge in [0.25, 0.3) is 0 Å². The lowest BCUT2D eigenvalue weighted by Gasteiger charge is -2.39. The first-order valence-corrected chi connectivity index (χ1v) is 8.62. The van der Waals surface area contributed by atoms with Crippen molar-refractivity contribution in [1.82, 2.24) is 4.90 Å². The largest absolute Gasteiger partial charge is 0.375 e. The third kappa shape index (κ3) is 3.16. The molecule has 5 heteroatoms. The second-order valence-electron chi connectivity index (χ2n) is 5.95. The van der Waals surface area contributed by atoms with E-state index in [1.165, 1.54) is 0 Å². The molecule has 24 heavy (non-hydrogen) atoms. The van der Waals surface area contributed by atoms with E-state index in [0.29, 0.717) is 22.2 Å². The summed E-state index contributed by atoms with van der Waals surface area (Å²) in [6.45, 7) is 2.56. The normalized spacial score (nSPS) is 19.9. The first kappa shape index (κ1) is 17.3. The maximum Gasteiger partial charge on any atom is 0.227 e. The van der Waals surface area contributed by atoms with Gasteiger partial charge in [0.2, 0.25) is 5.91 Å². The predicted octanol–water partition coefficient (Wildman–Crippen LogP) is 4.83. The highest BCUT2D eigenvalue weighted by molar-refractivity contribution is 6.36. The van der Waals surface area contributed by atoms with Gasteiger partial charge in [0.1, 0.15) is 6.10 Å². The summed E-state index contributed by atoms with van der Waals surface area (Å²) < 4.78 is 5.60. The molecule has 1 aliphatic rings. The smallest absolute Gasteiger partial charge is 0.227 e. The average molecular weight is 364 g/mol. The van der Waals surface area contributed by atoms with Crippen molar-refractivity contribution in [2.75, 3.05) is 13.7 Å². The molecule has 2 atom stereocenters. The van der Waals surface area contributed by atoms with Crippen molar-refractivity contribution in [2.45, 2.75) is 25.5 Å². The molecule has 1 aliphatic heterocycles. The summed E-state index contributed by atoms with van der Waals surface area (Å²) in [4.78, 5) is 14.8. The number of nitrogens with zero attached hydrogens (tertiary/aromatic N) is 1. The highest BCUT2D eigenvalue weighted by Crippen LogP contribution is 2.37. The van der Waals surface area contributed by atoms with Gasteiger partial charge in [-0.15, -0.1) is 0 Å². The van der Waals surface area contributed by atoms with Crippen LogP contribution in [0.1, 0.15) is 35.8 Å². The lowest BCUT2D eigenvalue weighted by molar-refractivity contribution is -0.135. The van der Waals surface area contributed by atoms with Gasteiger partial charge in [0, 0.05) is 17.2 Å². The van der Waals surface area contributed by atoms with Gasteiger partial charge in [-0.2, -0.15) is 0 Å². The molecule has 0 saturated carbocycles. The number of carbonyl (C=O) groups is 1. The molecule has 3 nitrogen and oxygen atoms in total. The van der Waals surface area contributed by atoms with Crippen LogP contribution in [0.3, 0.4) is 0 Å². The zero-order valence-corrected chi connectivity index (χ0v) is 15.1. The molecule has 1 amide bonds. The molecule has 0 bridgehead atoms. The Morgan fingerprint density at radius 2 is 1.75 bits per heavy atom. The molecule has 0 spiro atoms. The van der Waals surface area contributed by atoms with Crippen molar-refractivity contribution < 1.29 is 9.53 Å². The van der Waals surface area contributed by atoms with E-state index < -0.39 is 0 Å². The molecule has 1 heterocycles. The van der Waals surface area contributed by atoms with E-state index in [9.17, 15) is 4.79 Å². The maximum atomic E-state index is 12.9. The highest BCUT2D eigenvalue weighted by atomic mass is 35.5. The molecule has 0 aliphatic carbocycles. The van der Waals surface area contributed by atoms with E-state index in [0.717, 1.165) is 11.1 Å². The summed E-state index contributed by atoms with van der Waals surface area (Å²) in [5.74, 6) is -0.00551. The van der Waals surface area contributed by atoms with Crippen LogP contribution in [0.2, 0.25) is 10.0 Å². The number of amides is 1. The molecule has 0 aromatic heterocycles. The van der Waals surface area contributed by atoms with Crippen molar-refractivity contribution >= 4 is 29.1 Å². The minimum atomic E-state index is -0.122. The van der Waals surface area contributed by atoms with E-state index in [-0.39, 0.29) is 24.5 Å². The predicted molar refractivity (Wildman–Crippen MR) is 96.5 cm³/mol. The summed E-state index contributed by atoms with van der Waals surface area (Å²) in [6, 6.07) is 13.4. The first-order chi connectivity index (χ1) is 11.5. The fraction of sp³-hybridized carbons (Fsp3) is 0.316. The molecule has 0 fully saturated rings. The lowest BCUT2D eigenvalue weighted by atomic mass is 9.91. The number of hydrogen-bond acceptors (Lipinski definition) is 2. The van der Waals surface area contributed by atoms with E-state index in [4.69, 9.17) is 27.9 Å². The summed E-state index contributed by atoms with van der Waals surface area (Å²) >= 11 is 12.4. The van der Waals surface area contributed by atoms with Gasteiger partial charge in [-0.3, -0.25) is 4.79 Å². The third-order valence-corrected chi connectivity index (χ3v) is 5.33.